The van der Waals surface area contributed by atoms with Gasteiger partial charge in [0.2, 0.25) is 5.88 Å². The maximum Gasteiger partial charge on any atom is 0.340 e. The molecule has 1 heterocycles. The van der Waals surface area contributed by atoms with E-state index in [0.717, 1.165) is 15.2 Å². The molecule has 0 atom stereocenters. The lowest BCUT2D eigenvalue weighted by Crippen LogP contribution is -2.10. The standard InChI is InChI=1S/C15H16BrNO3/c1-4-19-14-11-7-6-10(16)8-12(11)13(9(3)17-14)15(18)20-5-2/h6-8H,4-5H2,1-3H3. The molecular weight excluding hydrogens is 322 g/mol. The van der Waals surface area contributed by atoms with Crippen molar-refractivity contribution in [3.63, 3.8) is 0 Å². The molecule has 0 radical (unpaired) electrons. The summed E-state index contributed by atoms with van der Waals surface area (Å²) in [7, 11) is 0. The summed E-state index contributed by atoms with van der Waals surface area (Å²) in [5, 5.41) is 1.59. The molecule has 0 unspecified atom stereocenters. The summed E-state index contributed by atoms with van der Waals surface area (Å²) in [5.41, 5.74) is 1.10. The molecular formula is C15H16BrNO3. The van der Waals surface area contributed by atoms with Gasteiger partial charge in [0, 0.05) is 15.2 Å². The number of aryl methyl sites for hydroxylation is 1. The maximum atomic E-state index is 12.1. The lowest BCUT2D eigenvalue weighted by atomic mass is 10.0. The fourth-order valence-corrected chi connectivity index (χ4v) is 2.44. The van der Waals surface area contributed by atoms with E-state index in [4.69, 9.17) is 9.47 Å². The molecule has 0 amide bonds. The van der Waals surface area contributed by atoms with Crippen molar-refractivity contribution in [2.75, 3.05) is 13.2 Å². The van der Waals surface area contributed by atoms with E-state index in [9.17, 15) is 4.79 Å². The highest BCUT2D eigenvalue weighted by Gasteiger charge is 2.19. The number of carbonyl (C=O) groups excluding carboxylic acids is 1. The first-order valence-electron chi connectivity index (χ1n) is 6.48. The second-order valence-electron chi connectivity index (χ2n) is 4.22. The number of ether oxygens (including phenoxy) is 2. The van der Waals surface area contributed by atoms with Crippen molar-refractivity contribution in [1.29, 1.82) is 0 Å². The molecule has 106 valence electrons. The topological polar surface area (TPSA) is 48.4 Å². The summed E-state index contributed by atoms with van der Waals surface area (Å²) in [4.78, 5) is 16.5. The molecule has 2 aromatic rings. The van der Waals surface area contributed by atoms with Crippen LogP contribution in [0.15, 0.2) is 22.7 Å². The predicted octanol–water partition coefficient (Wildman–Crippen LogP) is 3.88. The Morgan fingerprint density at radius 2 is 2.00 bits per heavy atom. The van der Waals surface area contributed by atoms with E-state index in [0.29, 0.717) is 30.4 Å². The molecule has 0 aliphatic rings. The number of halogens is 1. The van der Waals surface area contributed by atoms with Gasteiger partial charge in [0.15, 0.2) is 0 Å². The van der Waals surface area contributed by atoms with Crippen LogP contribution in [0.1, 0.15) is 29.9 Å². The van der Waals surface area contributed by atoms with Crippen LogP contribution in [0, 0.1) is 6.92 Å². The summed E-state index contributed by atoms with van der Waals surface area (Å²) in [6, 6.07) is 5.68. The smallest absolute Gasteiger partial charge is 0.340 e. The summed E-state index contributed by atoms with van der Waals surface area (Å²) in [6.45, 7) is 6.33. The Morgan fingerprint density at radius 1 is 1.25 bits per heavy atom. The number of aromatic nitrogens is 1. The highest BCUT2D eigenvalue weighted by Crippen LogP contribution is 2.31. The highest BCUT2D eigenvalue weighted by molar-refractivity contribution is 9.10. The monoisotopic (exact) mass is 337 g/mol. The van der Waals surface area contributed by atoms with Gasteiger partial charge in [0.05, 0.1) is 24.5 Å². The fourth-order valence-electron chi connectivity index (χ4n) is 2.08. The number of rotatable bonds is 4. The van der Waals surface area contributed by atoms with Crippen LogP contribution in [0.2, 0.25) is 0 Å². The largest absolute Gasteiger partial charge is 0.478 e. The average Bonchev–Trinajstić information content (AvgIpc) is 2.38. The Kier molecular flexibility index (Phi) is 4.60. The number of nitrogens with zero attached hydrogens (tertiary/aromatic N) is 1. The van der Waals surface area contributed by atoms with Gasteiger partial charge < -0.3 is 9.47 Å². The molecule has 0 saturated carbocycles. The molecule has 1 aromatic carbocycles. The van der Waals surface area contributed by atoms with Crippen molar-refractivity contribution in [2.24, 2.45) is 0 Å². The zero-order chi connectivity index (χ0) is 14.7. The van der Waals surface area contributed by atoms with E-state index in [-0.39, 0.29) is 5.97 Å². The van der Waals surface area contributed by atoms with Crippen molar-refractivity contribution in [2.45, 2.75) is 20.8 Å². The number of hydrogen-bond donors (Lipinski definition) is 0. The third kappa shape index (κ3) is 2.77. The quantitative estimate of drug-likeness (QED) is 0.794. The Morgan fingerprint density at radius 3 is 2.65 bits per heavy atom. The molecule has 0 fully saturated rings. The van der Waals surface area contributed by atoms with Crippen LogP contribution in [0.4, 0.5) is 0 Å². The second kappa shape index (κ2) is 6.22. The average molecular weight is 338 g/mol. The summed E-state index contributed by atoms with van der Waals surface area (Å²) in [5.74, 6) is 0.184. The Labute approximate surface area is 126 Å². The molecule has 0 N–H and O–H groups in total. The number of benzene rings is 1. The van der Waals surface area contributed by atoms with Crippen LogP contribution in [-0.2, 0) is 4.74 Å². The van der Waals surface area contributed by atoms with Crippen LogP contribution in [0.5, 0.6) is 5.88 Å². The molecule has 0 saturated heterocycles. The van der Waals surface area contributed by atoms with Crippen LogP contribution < -0.4 is 4.74 Å². The number of fused-ring (bicyclic) bond motifs is 1. The lowest BCUT2D eigenvalue weighted by Gasteiger charge is -2.13. The number of hydrogen-bond acceptors (Lipinski definition) is 4. The molecule has 0 spiro atoms. The van der Waals surface area contributed by atoms with Gasteiger partial charge in [-0.05, 0) is 39.0 Å². The Bertz CT molecular complexity index is 655. The van der Waals surface area contributed by atoms with Crippen molar-refractivity contribution >= 4 is 32.7 Å². The van der Waals surface area contributed by atoms with Crippen LogP contribution in [0.3, 0.4) is 0 Å². The first-order chi connectivity index (χ1) is 9.58. The maximum absolute atomic E-state index is 12.1. The predicted molar refractivity (Wildman–Crippen MR) is 81.3 cm³/mol. The zero-order valence-electron chi connectivity index (χ0n) is 11.7. The summed E-state index contributed by atoms with van der Waals surface area (Å²) >= 11 is 3.43. The second-order valence-corrected chi connectivity index (χ2v) is 5.14. The van der Waals surface area contributed by atoms with Crippen molar-refractivity contribution in [3.05, 3.63) is 33.9 Å². The first-order valence-corrected chi connectivity index (χ1v) is 7.27. The first kappa shape index (κ1) is 14.8. The minimum atomic E-state index is -0.358. The van der Waals surface area contributed by atoms with Crippen molar-refractivity contribution < 1.29 is 14.3 Å². The molecule has 2 rings (SSSR count). The Hall–Kier alpha value is -1.62. The molecule has 0 aliphatic carbocycles. The third-order valence-electron chi connectivity index (χ3n) is 2.87. The van der Waals surface area contributed by atoms with Crippen molar-refractivity contribution in [1.82, 2.24) is 4.98 Å². The molecule has 1 aromatic heterocycles. The van der Waals surface area contributed by atoms with Gasteiger partial charge in [-0.1, -0.05) is 15.9 Å². The number of carbonyl (C=O) groups is 1. The third-order valence-corrected chi connectivity index (χ3v) is 3.37. The Balaban J connectivity index is 2.74. The van der Waals surface area contributed by atoms with Gasteiger partial charge in [-0.2, -0.15) is 0 Å². The van der Waals surface area contributed by atoms with E-state index in [1.807, 2.05) is 25.1 Å². The van der Waals surface area contributed by atoms with Gasteiger partial charge in [-0.3, -0.25) is 0 Å². The van der Waals surface area contributed by atoms with Gasteiger partial charge in [-0.25, -0.2) is 9.78 Å². The van der Waals surface area contributed by atoms with E-state index >= 15 is 0 Å². The van der Waals surface area contributed by atoms with Gasteiger partial charge in [0.25, 0.3) is 0 Å². The molecule has 0 bridgehead atoms. The van der Waals surface area contributed by atoms with Gasteiger partial charge in [0.1, 0.15) is 0 Å². The van der Waals surface area contributed by atoms with Gasteiger partial charge >= 0.3 is 5.97 Å². The zero-order valence-corrected chi connectivity index (χ0v) is 13.3. The molecule has 5 heteroatoms. The van der Waals surface area contributed by atoms with Crippen molar-refractivity contribution in [3.8, 4) is 5.88 Å². The lowest BCUT2D eigenvalue weighted by molar-refractivity contribution is 0.0527. The van der Waals surface area contributed by atoms with Crippen LogP contribution >= 0.6 is 15.9 Å². The van der Waals surface area contributed by atoms with E-state index in [2.05, 4.69) is 20.9 Å². The summed E-state index contributed by atoms with van der Waals surface area (Å²) in [6.07, 6.45) is 0. The van der Waals surface area contributed by atoms with E-state index in [1.54, 1.807) is 13.8 Å². The normalized spacial score (nSPS) is 10.6. The van der Waals surface area contributed by atoms with E-state index < -0.39 is 0 Å². The van der Waals surface area contributed by atoms with Crippen LogP contribution in [0.25, 0.3) is 10.8 Å². The number of pyridine rings is 1. The molecule has 0 aliphatic heterocycles. The number of esters is 1. The molecule has 20 heavy (non-hydrogen) atoms. The highest BCUT2D eigenvalue weighted by atomic mass is 79.9. The van der Waals surface area contributed by atoms with Crippen LogP contribution in [-0.4, -0.2) is 24.2 Å². The van der Waals surface area contributed by atoms with Gasteiger partial charge in [-0.15, -0.1) is 0 Å². The molecule has 4 nitrogen and oxygen atoms in total. The summed E-state index contributed by atoms with van der Waals surface area (Å²) < 4.78 is 11.6. The minimum Gasteiger partial charge on any atom is -0.478 e. The SMILES string of the molecule is CCOC(=O)c1c(C)nc(OCC)c2ccc(Br)cc12. The fraction of sp³-hybridized carbons (Fsp3) is 0.333. The minimum absolute atomic E-state index is 0.334. The van der Waals surface area contributed by atoms with E-state index in [1.165, 1.54) is 0 Å².